The molecule has 0 radical (unpaired) electrons. The first kappa shape index (κ1) is 27.4. The molecule has 2 unspecified atom stereocenters. The van der Waals surface area contributed by atoms with Gasteiger partial charge in [0, 0.05) is 48.1 Å². The number of hydrogen-bond acceptors (Lipinski definition) is 4. The van der Waals surface area contributed by atoms with Crippen LogP contribution in [0.1, 0.15) is 57.5 Å². The predicted molar refractivity (Wildman–Crippen MR) is 145 cm³/mol. The van der Waals surface area contributed by atoms with Gasteiger partial charge in [-0.05, 0) is 61.7 Å². The number of nitrogens with one attached hydrogen (secondary N) is 2. The molecule has 38 heavy (non-hydrogen) atoms. The van der Waals surface area contributed by atoms with Crippen molar-refractivity contribution in [1.82, 2.24) is 10.2 Å². The molecule has 4 rings (SSSR count). The third-order valence-corrected chi connectivity index (χ3v) is 6.95. The molecule has 0 spiro atoms. The summed E-state index contributed by atoms with van der Waals surface area (Å²) in [4.78, 5) is 28.1. The molecule has 1 fully saturated rings. The van der Waals surface area contributed by atoms with Crippen molar-refractivity contribution >= 4 is 17.5 Å². The Bertz CT molecular complexity index is 1250. The van der Waals surface area contributed by atoms with Crippen molar-refractivity contribution in [3.63, 3.8) is 0 Å². The van der Waals surface area contributed by atoms with Crippen molar-refractivity contribution in [2.45, 2.75) is 50.7 Å². The molecule has 0 aliphatic heterocycles. The van der Waals surface area contributed by atoms with E-state index >= 15 is 0 Å². The van der Waals surface area contributed by atoms with E-state index in [1.807, 2.05) is 25.2 Å². The second kappa shape index (κ2) is 12.8. The van der Waals surface area contributed by atoms with E-state index in [-0.39, 0.29) is 23.6 Å². The smallest absolute Gasteiger partial charge is 0.255 e. The SMILES string of the molecule is CN(CCc1ccccc1)Cc1ccc(C(=O)NC2CCCCC2N)cc1NC(=O)c1cc(F)cc(F)c1. The van der Waals surface area contributed by atoms with Crippen molar-refractivity contribution in [2.24, 2.45) is 5.73 Å². The summed E-state index contributed by atoms with van der Waals surface area (Å²) in [6.07, 6.45) is 4.61. The van der Waals surface area contributed by atoms with Crippen LogP contribution in [-0.2, 0) is 13.0 Å². The Morgan fingerprint density at radius 1 is 0.921 bits per heavy atom. The first-order chi connectivity index (χ1) is 18.3. The normalized spacial score (nSPS) is 17.3. The first-order valence-corrected chi connectivity index (χ1v) is 13.0. The van der Waals surface area contributed by atoms with E-state index in [1.54, 1.807) is 18.2 Å². The molecule has 0 aromatic heterocycles. The average molecular weight is 521 g/mol. The van der Waals surface area contributed by atoms with Crippen LogP contribution in [0.2, 0.25) is 0 Å². The van der Waals surface area contributed by atoms with E-state index in [0.29, 0.717) is 23.9 Å². The van der Waals surface area contributed by atoms with Gasteiger partial charge in [-0.25, -0.2) is 8.78 Å². The van der Waals surface area contributed by atoms with Crippen LogP contribution in [0.15, 0.2) is 66.7 Å². The van der Waals surface area contributed by atoms with Gasteiger partial charge >= 0.3 is 0 Å². The van der Waals surface area contributed by atoms with Gasteiger partial charge in [-0.3, -0.25) is 9.59 Å². The molecular weight excluding hydrogens is 486 g/mol. The zero-order chi connectivity index (χ0) is 27.1. The van der Waals surface area contributed by atoms with Crippen LogP contribution in [0.5, 0.6) is 0 Å². The predicted octanol–water partition coefficient (Wildman–Crippen LogP) is 4.89. The lowest BCUT2D eigenvalue weighted by Crippen LogP contribution is -2.49. The number of nitrogens with two attached hydrogens (primary N) is 1. The highest BCUT2D eigenvalue weighted by molar-refractivity contribution is 6.05. The maximum atomic E-state index is 13.7. The molecule has 200 valence electrons. The number of halogens is 2. The first-order valence-electron chi connectivity index (χ1n) is 13.0. The maximum absolute atomic E-state index is 13.7. The van der Waals surface area contributed by atoms with E-state index in [0.717, 1.165) is 56.3 Å². The fraction of sp³-hybridized carbons (Fsp3) is 0.333. The second-order valence-electron chi connectivity index (χ2n) is 9.99. The summed E-state index contributed by atoms with van der Waals surface area (Å²) in [7, 11) is 1.97. The van der Waals surface area contributed by atoms with Crippen molar-refractivity contribution < 1.29 is 18.4 Å². The molecule has 0 bridgehead atoms. The Morgan fingerprint density at radius 3 is 2.34 bits per heavy atom. The van der Waals surface area contributed by atoms with Crippen LogP contribution in [0.25, 0.3) is 0 Å². The molecule has 2 atom stereocenters. The number of carbonyl (C=O) groups excluding carboxylic acids is 2. The lowest BCUT2D eigenvalue weighted by molar-refractivity contribution is 0.0920. The zero-order valence-electron chi connectivity index (χ0n) is 21.6. The highest BCUT2D eigenvalue weighted by atomic mass is 19.1. The van der Waals surface area contributed by atoms with Crippen molar-refractivity contribution in [2.75, 3.05) is 18.9 Å². The number of benzene rings is 3. The van der Waals surface area contributed by atoms with Gasteiger partial charge < -0.3 is 21.3 Å². The van der Waals surface area contributed by atoms with Crippen molar-refractivity contribution in [3.8, 4) is 0 Å². The van der Waals surface area contributed by atoms with Crippen LogP contribution >= 0.6 is 0 Å². The number of hydrogen-bond donors (Lipinski definition) is 3. The molecule has 1 aliphatic rings. The van der Waals surface area contributed by atoms with Crippen LogP contribution in [0, 0.1) is 11.6 Å². The zero-order valence-corrected chi connectivity index (χ0v) is 21.6. The summed E-state index contributed by atoms with van der Waals surface area (Å²) < 4.78 is 27.5. The summed E-state index contributed by atoms with van der Waals surface area (Å²) >= 11 is 0. The van der Waals surface area contributed by atoms with Crippen molar-refractivity contribution in [3.05, 3.63) is 101 Å². The Labute approximate surface area is 222 Å². The second-order valence-corrected chi connectivity index (χ2v) is 9.99. The summed E-state index contributed by atoms with van der Waals surface area (Å²) in [5.74, 6) is -2.62. The van der Waals surface area contributed by atoms with Gasteiger partial charge in [0.25, 0.3) is 11.8 Å². The van der Waals surface area contributed by atoms with Gasteiger partial charge in [-0.1, -0.05) is 49.2 Å². The third kappa shape index (κ3) is 7.46. The van der Waals surface area contributed by atoms with Gasteiger partial charge in [-0.2, -0.15) is 0 Å². The molecule has 8 heteroatoms. The minimum atomic E-state index is -0.840. The van der Waals surface area contributed by atoms with Gasteiger partial charge in [0.2, 0.25) is 0 Å². The number of anilines is 1. The van der Waals surface area contributed by atoms with Crippen LogP contribution in [-0.4, -0.2) is 42.4 Å². The topological polar surface area (TPSA) is 87.5 Å². The maximum Gasteiger partial charge on any atom is 0.255 e. The quantitative estimate of drug-likeness (QED) is 0.375. The molecule has 6 nitrogen and oxygen atoms in total. The fourth-order valence-corrected chi connectivity index (χ4v) is 4.78. The number of carbonyl (C=O) groups is 2. The molecule has 4 N–H and O–H groups in total. The average Bonchev–Trinajstić information content (AvgIpc) is 2.89. The minimum absolute atomic E-state index is 0.0905. The summed E-state index contributed by atoms with van der Waals surface area (Å²) in [5.41, 5.74) is 8.83. The molecular formula is C30H34F2N4O2. The van der Waals surface area contributed by atoms with Gasteiger partial charge in [0.1, 0.15) is 11.6 Å². The number of rotatable bonds is 9. The largest absolute Gasteiger partial charge is 0.348 e. The Hall–Kier alpha value is -3.62. The van der Waals surface area contributed by atoms with E-state index in [4.69, 9.17) is 5.73 Å². The lowest BCUT2D eigenvalue weighted by Gasteiger charge is -2.29. The minimum Gasteiger partial charge on any atom is -0.348 e. The third-order valence-electron chi connectivity index (χ3n) is 6.95. The number of nitrogens with zero attached hydrogens (tertiary/aromatic N) is 1. The molecule has 0 saturated heterocycles. The molecule has 3 aromatic rings. The van der Waals surface area contributed by atoms with Crippen LogP contribution in [0.4, 0.5) is 14.5 Å². The Morgan fingerprint density at radius 2 is 1.63 bits per heavy atom. The summed E-state index contributed by atoms with van der Waals surface area (Å²) in [6.45, 7) is 1.27. The number of amides is 2. The fourth-order valence-electron chi connectivity index (χ4n) is 4.78. The molecule has 2 amide bonds. The summed E-state index contributed by atoms with van der Waals surface area (Å²) in [6, 6.07) is 17.7. The Balaban J connectivity index is 1.54. The molecule has 0 heterocycles. The Kier molecular flexibility index (Phi) is 9.20. The van der Waals surface area contributed by atoms with Gasteiger partial charge in [0.05, 0.1) is 0 Å². The van der Waals surface area contributed by atoms with Crippen molar-refractivity contribution in [1.29, 1.82) is 0 Å². The summed E-state index contributed by atoms with van der Waals surface area (Å²) in [5, 5.41) is 5.79. The standard InChI is InChI=1S/C30H34F2N4O2/c1-36(14-13-20-7-3-2-4-8-20)19-22-12-11-21(29(37)34-27-10-6-5-9-26(27)33)17-28(22)35-30(38)23-15-24(31)18-25(32)16-23/h2-4,7-8,11-12,15-18,26-27H,5-6,9-10,13-14,19,33H2,1H3,(H,34,37)(H,35,38). The lowest BCUT2D eigenvalue weighted by atomic mass is 9.91. The molecule has 1 aliphatic carbocycles. The van der Waals surface area contributed by atoms with Crippen LogP contribution < -0.4 is 16.4 Å². The van der Waals surface area contributed by atoms with E-state index < -0.39 is 17.5 Å². The highest BCUT2D eigenvalue weighted by Gasteiger charge is 2.24. The molecule has 3 aromatic carbocycles. The number of likely N-dealkylation sites (N-methyl/N-ethyl adjacent to an activating group) is 1. The van der Waals surface area contributed by atoms with E-state index in [1.165, 1.54) is 5.56 Å². The van der Waals surface area contributed by atoms with Gasteiger partial charge in [0.15, 0.2) is 0 Å². The highest BCUT2D eigenvalue weighted by Crippen LogP contribution is 2.23. The monoisotopic (exact) mass is 520 g/mol. The van der Waals surface area contributed by atoms with E-state index in [9.17, 15) is 18.4 Å². The van der Waals surface area contributed by atoms with Gasteiger partial charge in [-0.15, -0.1) is 0 Å². The van der Waals surface area contributed by atoms with Crippen LogP contribution in [0.3, 0.4) is 0 Å². The van der Waals surface area contributed by atoms with E-state index in [2.05, 4.69) is 27.7 Å². The molecule has 1 saturated carbocycles.